The quantitative estimate of drug-likeness (QED) is 0.753. The molecule has 1 aromatic carbocycles. The number of carbonyl (C=O) groups excluding carboxylic acids is 2. The average molecular weight is 240 g/mol. The Kier molecular flexibility index (Phi) is 4.50. The summed E-state index contributed by atoms with van der Waals surface area (Å²) in [6, 6.07) is 7.26. The van der Waals surface area contributed by atoms with Gasteiger partial charge in [-0.05, 0) is 24.1 Å². The predicted octanol–water partition coefficient (Wildman–Crippen LogP) is 1.93. The van der Waals surface area contributed by atoms with Gasteiger partial charge in [0.2, 0.25) is 5.78 Å². The summed E-state index contributed by atoms with van der Waals surface area (Å²) in [6.45, 7) is 0. The Morgan fingerprint density at radius 3 is 2.25 bits per heavy atom. The number of hydrogen-bond donors (Lipinski definition) is 0. The molecule has 0 fully saturated rings. The van der Waals surface area contributed by atoms with Gasteiger partial charge in [0.1, 0.15) is 0 Å². The first-order chi connectivity index (χ1) is 7.50. The number of nitrogens with zero attached hydrogens (tertiary/aromatic N) is 1. The molecule has 0 aliphatic carbocycles. The Bertz CT molecular complexity index is 385. The molecule has 0 heterocycles. The van der Waals surface area contributed by atoms with Gasteiger partial charge in [-0.3, -0.25) is 9.59 Å². The highest BCUT2D eigenvalue weighted by molar-refractivity contribution is 6.35. The minimum Gasteiger partial charge on any atom is -0.342 e. The van der Waals surface area contributed by atoms with Crippen LogP contribution < -0.4 is 0 Å². The monoisotopic (exact) mass is 239 g/mol. The van der Waals surface area contributed by atoms with E-state index in [1.54, 1.807) is 26.2 Å². The van der Waals surface area contributed by atoms with E-state index in [4.69, 9.17) is 11.6 Å². The second-order valence-corrected chi connectivity index (χ2v) is 4.19. The van der Waals surface area contributed by atoms with Crippen molar-refractivity contribution in [2.24, 2.45) is 0 Å². The van der Waals surface area contributed by atoms with Crippen molar-refractivity contribution >= 4 is 23.3 Å². The van der Waals surface area contributed by atoms with Gasteiger partial charge in [-0.2, -0.15) is 0 Å². The van der Waals surface area contributed by atoms with Gasteiger partial charge in [0.05, 0.1) is 0 Å². The Hall–Kier alpha value is -1.35. The first-order valence-electron chi connectivity index (χ1n) is 4.99. The molecule has 0 radical (unpaired) electrons. The molecule has 4 heteroatoms. The summed E-state index contributed by atoms with van der Waals surface area (Å²) in [5.74, 6) is -0.811. The lowest BCUT2D eigenvalue weighted by Crippen LogP contribution is -2.29. The number of carbonyl (C=O) groups is 2. The largest absolute Gasteiger partial charge is 0.342 e. The number of aryl methyl sites for hydroxylation is 1. The summed E-state index contributed by atoms with van der Waals surface area (Å²) in [7, 11) is 3.14. The van der Waals surface area contributed by atoms with E-state index in [0.717, 1.165) is 5.56 Å². The van der Waals surface area contributed by atoms with Crippen molar-refractivity contribution in [3.05, 3.63) is 34.9 Å². The van der Waals surface area contributed by atoms with E-state index >= 15 is 0 Å². The molecule has 86 valence electrons. The number of halogens is 1. The smallest absolute Gasteiger partial charge is 0.289 e. The Morgan fingerprint density at radius 1 is 1.19 bits per heavy atom. The molecule has 0 aromatic heterocycles. The van der Waals surface area contributed by atoms with Gasteiger partial charge >= 0.3 is 0 Å². The van der Waals surface area contributed by atoms with Crippen LogP contribution in [0, 0.1) is 0 Å². The lowest BCUT2D eigenvalue weighted by molar-refractivity contribution is -0.142. The second kappa shape index (κ2) is 5.66. The topological polar surface area (TPSA) is 37.4 Å². The van der Waals surface area contributed by atoms with E-state index in [1.165, 1.54) is 4.90 Å². The van der Waals surface area contributed by atoms with Crippen LogP contribution in [-0.4, -0.2) is 30.7 Å². The van der Waals surface area contributed by atoms with Crippen LogP contribution in [0.5, 0.6) is 0 Å². The number of benzene rings is 1. The van der Waals surface area contributed by atoms with Crippen LogP contribution in [0.4, 0.5) is 0 Å². The van der Waals surface area contributed by atoms with Crippen molar-refractivity contribution in [1.82, 2.24) is 4.90 Å². The molecule has 3 nitrogen and oxygen atoms in total. The fourth-order valence-electron chi connectivity index (χ4n) is 1.27. The van der Waals surface area contributed by atoms with Crippen LogP contribution in [0.2, 0.25) is 5.02 Å². The molecule has 1 rings (SSSR count). The van der Waals surface area contributed by atoms with Gasteiger partial charge in [0.15, 0.2) is 0 Å². The molecular formula is C12H14ClNO2. The summed E-state index contributed by atoms with van der Waals surface area (Å²) >= 11 is 5.74. The third-order valence-corrected chi connectivity index (χ3v) is 2.45. The molecule has 1 amide bonds. The van der Waals surface area contributed by atoms with Crippen LogP contribution >= 0.6 is 11.6 Å². The van der Waals surface area contributed by atoms with Crippen LogP contribution in [0.1, 0.15) is 12.0 Å². The fourth-order valence-corrected chi connectivity index (χ4v) is 1.39. The third kappa shape index (κ3) is 3.66. The van der Waals surface area contributed by atoms with Crippen molar-refractivity contribution in [3.8, 4) is 0 Å². The van der Waals surface area contributed by atoms with Gasteiger partial charge in [0, 0.05) is 25.5 Å². The average Bonchev–Trinajstić information content (AvgIpc) is 2.26. The molecule has 0 atom stereocenters. The number of hydrogen-bond acceptors (Lipinski definition) is 2. The fraction of sp³-hybridized carbons (Fsp3) is 0.333. The first kappa shape index (κ1) is 12.7. The van der Waals surface area contributed by atoms with Crippen LogP contribution in [-0.2, 0) is 16.0 Å². The summed E-state index contributed by atoms with van der Waals surface area (Å²) in [6.07, 6.45) is 0.800. The van der Waals surface area contributed by atoms with Crippen LogP contribution in [0.3, 0.4) is 0 Å². The number of likely N-dealkylation sites (N-methyl/N-ethyl adjacent to an activating group) is 1. The Labute approximate surface area is 100 Å². The highest BCUT2D eigenvalue weighted by Gasteiger charge is 2.14. The summed E-state index contributed by atoms with van der Waals surface area (Å²) < 4.78 is 0. The maximum Gasteiger partial charge on any atom is 0.289 e. The van der Waals surface area contributed by atoms with Crippen LogP contribution in [0.25, 0.3) is 0 Å². The van der Waals surface area contributed by atoms with E-state index in [0.29, 0.717) is 11.4 Å². The van der Waals surface area contributed by atoms with Gasteiger partial charge in [-0.15, -0.1) is 0 Å². The summed E-state index contributed by atoms with van der Waals surface area (Å²) in [4.78, 5) is 24.0. The molecule has 0 unspecified atom stereocenters. The predicted molar refractivity (Wildman–Crippen MR) is 63.5 cm³/mol. The van der Waals surface area contributed by atoms with Gasteiger partial charge < -0.3 is 4.90 Å². The molecule has 0 N–H and O–H groups in total. The highest BCUT2D eigenvalue weighted by atomic mass is 35.5. The molecule has 0 aliphatic rings. The molecule has 1 aromatic rings. The van der Waals surface area contributed by atoms with Crippen molar-refractivity contribution in [2.45, 2.75) is 12.8 Å². The van der Waals surface area contributed by atoms with Crippen molar-refractivity contribution in [1.29, 1.82) is 0 Å². The SMILES string of the molecule is CN(C)C(=O)C(=O)CCc1ccc(Cl)cc1. The summed E-state index contributed by atoms with van der Waals surface area (Å²) in [5, 5.41) is 0.666. The minimum atomic E-state index is -0.450. The minimum absolute atomic E-state index is 0.235. The Balaban J connectivity index is 2.49. The van der Waals surface area contributed by atoms with E-state index in [-0.39, 0.29) is 12.2 Å². The highest BCUT2D eigenvalue weighted by Crippen LogP contribution is 2.11. The zero-order valence-corrected chi connectivity index (χ0v) is 10.1. The molecule has 0 aliphatic heterocycles. The van der Waals surface area contributed by atoms with Crippen molar-refractivity contribution in [3.63, 3.8) is 0 Å². The molecule has 0 bridgehead atoms. The van der Waals surface area contributed by atoms with Crippen molar-refractivity contribution < 1.29 is 9.59 Å². The second-order valence-electron chi connectivity index (χ2n) is 3.75. The molecule has 0 spiro atoms. The lowest BCUT2D eigenvalue weighted by Gasteiger charge is -2.08. The maximum absolute atomic E-state index is 11.4. The number of Topliss-reactive ketones (excluding diaryl/α,β-unsaturated/α-hetero) is 1. The van der Waals surface area contributed by atoms with Crippen LogP contribution in [0.15, 0.2) is 24.3 Å². The van der Waals surface area contributed by atoms with E-state index < -0.39 is 5.91 Å². The zero-order chi connectivity index (χ0) is 12.1. The first-order valence-corrected chi connectivity index (χ1v) is 5.37. The lowest BCUT2D eigenvalue weighted by atomic mass is 10.1. The van der Waals surface area contributed by atoms with E-state index in [9.17, 15) is 9.59 Å². The Morgan fingerprint density at radius 2 is 1.75 bits per heavy atom. The molecular weight excluding hydrogens is 226 g/mol. The van der Waals surface area contributed by atoms with E-state index in [1.807, 2.05) is 12.1 Å². The molecule has 0 saturated carbocycles. The third-order valence-electron chi connectivity index (χ3n) is 2.20. The molecule has 0 saturated heterocycles. The van der Waals surface area contributed by atoms with Gasteiger partial charge in [-0.25, -0.2) is 0 Å². The molecule has 16 heavy (non-hydrogen) atoms. The standard InChI is InChI=1S/C12H14ClNO2/c1-14(2)12(16)11(15)8-5-9-3-6-10(13)7-4-9/h3-4,6-7H,5,8H2,1-2H3. The van der Waals surface area contributed by atoms with Crippen molar-refractivity contribution in [2.75, 3.05) is 14.1 Å². The number of amides is 1. The van der Waals surface area contributed by atoms with E-state index in [2.05, 4.69) is 0 Å². The zero-order valence-electron chi connectivity index (χ0n) is 9.37. The van der Waals surface area contributed by atoms with Gasteiger partial charge in [0.25, 0.3) is 5.91 Å². The maximum atomic E-state index is 11.4. The van der Waals surface area contributed by atoms with Gasteiger partial charge in [-0.1, -0.05) is 23.7 Å². The number of ketones is 1. The number of rotatable bonds is 4. The normalized spacial score (nSPS) is 9.94. The summed E-state index contributed by atoms with van der Waals surface area (Å²) in [5.41, 5.74) is 1.00.